The van der Waals surface area contributed by atoms with Crippen molar-refractivity contribution in [3.8, 4) is 5.75 Å². The third kappa shape index (κ3) is 3.11. The maximum absolute atomic E-state index is 13.0. The first-order valence-corrected chi connectivity index (χ1v) is 8.06. The molecule has 0 radical (unpaired) electrons. The average Bonchev–Trinajstić information content (AvgIpc) is 2.59. The van der Waals surface area contributed by atoms with Gasteiger partial charge < -0.3 is 9.67 Å². The summed E-state index contributed by atoms with van der Waals surface area (Å²) in [5.41, 5.74) is 1.79. The predicted molar refractivity (Wildman–Crippen MR) is 97.2 cm³/mol. The quantitative estimate of drug-likeness (QED) is 0.741. The van der Waals surface area contributed by atoms with Crippen LogP contribution >= 0.6 is 0 Å². The molecule has 4 nitrogen and oxygen atoms in total. The molecule has 0 atom stereocenters. The van der Waals surface area contributed by atoms with Crippen molar-refractivity contribution < 1.29 is 9.90 Å². The van der Waals surface area contributed by atoms with Crippen molar-refractivity contribution in [3.05, 3.63) is 99.5 Å². The summed E-state index contributed by atoms with van der Waals surface area (Å²) in [5.74, 6) is -0.720. The monoisotopic (exact) mass is 333 g/mol. The molecule has 0 unspecified atom stereocenters. The largest absolute Gasteiger partial charge is 0.507 e. The second-order valence-electron chi connectivity index (χ2n) is 6.00. The molecule has 0 saturated heterocycles. The lowest BCUT2D eigenvalue weighted by Gasteiger charge is -2.24. The Kier molecular flexibility index (Phi) is 4.52. The summed E-state index contributed by atoms with van der Waals surface area (Å²) >= 11 is 0. The van der Waals surface area contributed by atoms with Gasteiger partial charge in [-0.05, 0) is 25.0 Å². The maximum atomic E-state index is 13.0. The lowest BCUT2D eigenvalue weighted by molar-refractivity contribution is 0.101. The highest BCUT2D eigenvalue weighted by atomic mass is 16.3. The fourth-order valence-electron chi connectivity index (χ4n) is 3.14. The van der Waals surface area contributed by atoms with Gasteiger partial charge in [-0.3, -0.25) is 9.59 Å². The van der Waals surface area contributed by atoms with Crippen LogP contribution in [0.5, 0.6) is 5.75 Å². The second kappa shape index (κ2) is 6.77. The van der Waals surface area contributed by atoms with Crippen molar-refractivity contribution in [1.29, 1.82) is 0 Å². The van der Waals surface area contributed by atoms with E-state index >= 15 is 0 Å². The van der Waals surface area contributed by atoms with E-state index in [1.54, 1.807) is 11.5 Å². The summed E-state index contributed by atoms with van der Waals surface area (Å²) in [7, 11) is 0. The van der Waals surface area contributed by atoms with E-state index in [0.717, 1.165) is 11.1 Å². The van der Waals surface area contributed by atoms with Gasteiger partial charge in [-0.1, -0.05) is 60.7 Å². The zero-order valence-corrected chi connectivity index (χ0v) is 14.1. The number of aromatic nitrogens is 1. The van der Waals surface area contributed by atoms with Gasteiger partial charge in [0.15, 0.2) is 5.78 Å². The smallest absolute Gasteiger partial charge is 0.266 e. The summed E-state index contributed by atoms with van der Waals surface area (Å²) in [6.45, 7) is 3.04. The van der Waals surface area contributed by atoms with Crippen LogP contribution in [0.1, 0.15) is 40.1 Å². The highest BCUT2D eigenvalue weighted by Crippen LogP contribution is 2.28. The lowest BCUT2D eigenvalue weighted by Crippen LogP contribution is -2.31. The number of aromatic hydroxyl groups is 1. The Balaban J connectivity index is 2.34. The fraction of sp³-hybridized carbons (Fsp3) is 0.143. The number of hydrogen-bond donors (Lipinski definition) is 1. The van der Waals surface area contributed by atoms with Gasteiger partial charge in [-0.15, -0.1) is 0 Å². The Morgan fingerprint density at radius 2 is 1.44 bits per heavy atom. The SMILES string of the molecule is CC(=O)c1c(O)cc(C)n(C(c2ccccc2)c2ccccc2)c1=O. The minimum Gasteiger partial charge on any atom is -0.507 e. The maximum Gasteiger partial charge on any atom is 0.266 e. The van der Waals surface area contributed by atoms with Crippen LogP contribution in [0.2, 0.25) is 0 Å². The zero-order chi connectivity index (χ0) is 18.0. The molecule has 2 aromatic carbocycles. The third-order valence-corrected chi connectivity index (χ3v) is 4.26. The first-order chi connectivity index (χ1) is 12.0. The van der Waals surface area contributed by atoms with E-state index in [9.17, 15) is 14.7 Å². The molecule has 0 bridgehead atoms. The number of ketones is 1. The molecule has 126 valence electrons. The lowest BCUT2D eigenvalue weighted by atomic mass is 9.97. The molecule has 0 saturated carbocycles. The number of hydrogen-bond acceptors (Lipinski definition) is 3. The number of pyridine rings is 1. The van der Waals surface area contributed by atoms with Crippen molar-refractivity contribution in [2.75, 3.05) is 0 Å². The Bertz CT molecular complexity index is 920. The molecule has 1 heterocycles. The van der Waals surface area contributed by atoms with Crippen molar-refractivity contribution >= 4 is 5.78 Å². The molecule has 3 aromatic rings. The van der Waals surface area contributed by atoms with E-state index in [0.29, 0.717) is 5.69 Å². The number of carbonyl (C=O) groups excluding carboxylic acids is 1. The predicted octanol–water partition coefficient (Wildman–Crippen LogP) is 3.70. The second-order valence-corrected chi connectivity index (χ2v) is 6.00. The summed E-state index contributed by atoms with van der Waals surface area (Å²) in [6.07, 6.45) is 0. The summed E-state index contributed by atoms with van der Waals surface area (Å²) < 4.78 is 1.57. The molecule has 0 fully saturated rings. The molecule has 0 aliphatic heterocycles. The van der Waals surface area contributed by atoms with Gasteiger partial charge in [0.25, 0.3) is 5.56 Å². The number of benzene rings is 2. The van der Waals surface area contributed by atoms with E-state index in [2.05, 4.69) is 0 Å². The van der Waals surface area contributed by atoms with Gasteiger partial charge in [-0.25, -0.2) is 0 Å². The van der Waals surface area contributed by atoms with Crippen molar-refractivity contribution in [1.82, 2.24) is 4.57 Å². The Morgan fingerprint density at radius 3 is 1.88 bits per heavy atom. The van der Waals surface area contributed by atoms with Gasteiger partial charge in [0, 0.05) is 11.8 Å². The van der Waals surface area contributed by atoms with Crippen molar-refractivity contribution in [3.63, 3.8) is 0 Å². The number of rotatable bonds is 4. The minimum absolute atomic E-state index is 0.178. The van der Waals surface area contributed by atoms with E-state index < -0.39 is 11.3 Å². The molecule has 0 aliphatic carbocycles. The van der Waals surface area contributed by atoms with Gasteiger partial charge in [0.2, 0.25) is 0 Å². The van der Waals surface area contributed by atoms with Gasteiger partial charge in [0.05, 0.1) is 6.04 Å². The normalized spacial score (nSPS) is 10.8. The minimum atomic E-state index is -0.484. The summed E-state index contributed by atoms with van der Waals surface area (Å²) in [5, 5.41) is 10.1. The molecular formula is C21H19NO3. The van der Waals surface area contributed by atoms with E-state index in [4.69, 9.17) is 0 Å². The standard InChI is InChI=1S/C21H19NO3/c1-14-13-18(24)19(15(2)23)21(25)22(14)20(16-9-5-3-6-10-16)17-11-7-4-8-12-17/h3-13,20,24H,1-2H3. The number of aryl methyl sites for hydroxylation is 1. The van der Waals surface area contributed by atoms with Crippen LogP contribution in [0.25, 0.3) is 0 Å². The van der Waals surface area contributed by atoms with Gasteiger partial charge >= 0.3 is 0 Å². The van der Waals surface area contributed by atoms with Crippen LogP contribution in [0.3, 0.4) is 0 Å². The molecule has 0 amide bonds. The number of carbonyl (C=O) groups is 1. The fourth-order valence-corrected chi connectivity index (χ4v) is 3.14. The molecule has 1 aromatic heterocycles. The third-order valence-electron chi connectivity index (χ3n) is 4.26. The van der Waals surface area contributed by atoms with Crippen LogP contribution in [0, 0.1) is 6.92 Å². The summed E-state index contributed by atoms with van der Waals surface area (Å²) in [4.78, 5) is 24.9. The number of Topliss-reactive ketones (excluding diaryl/α,β-unsaturated/α-hetero) is 1. The van der Waals surface area contributed by atoms with Crippen molar-refractivity contribution in [2.24, 2.45) is 0 Å². The van der Waals surface area contributed by atoms with Crippen LogP contribution < -0.4 is 5.56 Å². The first kappa shape index (κ1) is 16.7. The van der Waals surface area contributed by atoms with E-state index in [1.807, 2.05) is 60.7 Å². The first-order valence-electron chi connectivity index (χ1n) is 8.06. The van der Waals surface area contributed by atoms with E-state index in [-0.39, 0.29) is 17.4 Å². The molecule has 3 rings (SSSR count). The highest BCUT2D eigenvalue weighted by molar-refractivity contribution is 5.96. The Hall–Kier alpha value is -3.14. The van der Waals surface area contributed by atoms with Crippen LogP contribution in [-0.2, 0) is 0 Å². The zero-order valence-electron chi connectivity index (χ0n) is 14.1. The number of nitrogens with zero attached hydrogens (tertiary/aromatic N) is 1. The van der Waals surface area contributed by atoms with Crippen LogP contribution in [0.4, 0.5) is 0 Å². The Morgan fingerprint density at radius 1 is 0.960 bits per heavy atom. The van der Waals surface area contributed by atoms with Crippen molar-refractivity contribution in [2.45, 2.75) is 19.9 Å². The van der Waals surface area contributed by atoms with Gasteiger partial charge in [0.1, 0.15) is 11.3 Å². The highest BCUT2D eigenvalue weighted by Gasteiger charge is 2.23. The Labute approximate surface area is 146 Å². The van der Waals surface area contributed by atoms with Gasteiger partial charge in [-0.2, -0.15) is 0 Å². The van der Waals surface area contributed by atoms with Crippen LogP contribution in [-0.4, -0.2) is 15.5 Å². The molecule has 4 heteroatoms. The molecular weight excluding hydrogens is 314 g/mol. The topological polar surface area (TPSA) is 59.3 Å². The molecule has 1 N–H and O–H groups in total. The molecule has 0 aliphatic rings. The molecule has 0 spiro atoms. The van der Waals surface area contributed by atoms with Crippen LogP contribution in [0.15, 0.2) is 71.5 Å². The summed E-state index contributed by atoms with van der Waals surface area (Å²) in [6, 6.07) is 20.4. The average molecular weight is 333 g/mol. The molecule has 25 heavy (non-hydrogen) atoms. The van der Waals surface area contributed by atoms with E-state index in [1.165, 1.54) is 13.0 Å².